The van der Waals surface area contributed by atoms with Crippen molar-refractivity contribution < 1.29 is 15.3 Å². The van der Waals surface area contributed by atoms with Crippen molar-refractivity contribution in [3.8, 4) is 0 Å². The van der Waals surface area contributed by atoms with E-state index in [2.05, 4.69) is 0 Å². The van der Waals surface area contributed by atoms with Crippen molar-refractivity contribution in [1.82, 2.24) is 0 Å². The van der Waals surface area contributed by atoms with Crippen LogP contribution in [0.1, 0.15) is 17.2 Å². The molecular formula is C10H14O3. The van der Waals surface area contributed by atoms with Gasteiger partial charge < -0.3 is 15.3 Å². The zero-order chi connectivity index (χ0) is 9.84. The lowest BCUT2D eigenvalue weighted by molar-refractivity contribution is -0.0155. The average molecular weight is 182 g/mol. The zero-order valence-corrected chi connectivity index (χ0v) is 7.51. The third kappa shape index (κ3) is 2.28. The van der Waals surface area contributed by atoms with E-state index in [0.717, 1.165) is 5.56 Å². The Morgan fingerprint density at radius 2 is 1.85 bits per heavy atom. The van der Waals surface area contributed by atoms with Crippen LogP contribution in [0.3, 0.4) is 0 Å². The summed E-state index contributed by atoms with van der Waals surface area (Å²) in [6.07, 6.45) is -2.12. The maximum atomic E-state index is 9.56. The fourth-order valence-corrected chi connectivity index (χ4v) is 1.23. The summed E-state index contributed by atoms with van der Waals surface area (Å²) in [5, 5.41) is 27.4. The van der Waals surface area contributed by atoms with Crippen LogP contribution in [0.15, 0.2) is 24.3 Å². The highest BCUT2D eigenvalue weighted by atomic mass is 16.4. The Morgan fingerprint density at radius 1 is 1.23 bits per heavy atom. The summed E-state index contributed by atoms with van der Waals surface area (Å²) in [6.45, 7) is 1.41. The molecule has 1 aromatic rings. The van der Waals surface area contributed by atoms with Crippen molar-refractivity contribution >= 4 is 0 Å². The Kier molecular flexibility index (Phi) is 3.42. The highest BCUT2D eigenvalue weighted by molar-refractivity contribution is 5.28. The van der Waals surface area contributed by atoms with Crippen LogP contribution in [0.4, 0.5) is 0 Å². The third-order valence-corrected chi connectivity index (χ3v) is 2.06. The molecule has 1 aromatic carbocycles. The largest absolute Gasteiger partial charge is 0.394 e. The van der Waals surface area contributed by atoms with E-state index in [9.17, 15) is 10.2 Å². The summed E-state index contributed by atoms with van der Waals surface area (Å²) in [7, 11) is 0. The number of hydrogen-bond donors (Lipinski definition) is 3. The Labute approximate surface area is 77.3 Å². The predicted octanol–water partition coefficient (Wildman–Crippen LogP) is 0.382. The first-order chi connectivity index (χ1) is 6.16. The Balaban J connectivity index is 2.88. The van der Waals surface area contributed by atoms with E-state index in [1.165, 1.54) is 0 Å². The van der Waals surface area contributed by atoms with Gasteiger partial charge in [0.2, 0.25) is 0 Å². The third-order valence-electron chi connectivity index (χ3n) is 2.06. The molecule has 0 heterocycles. The van der Waals surface area contributed by atoms with Gasteiger partial charge in [-0.3, -0.25) is 0 Å². The van der Waals surface area contributed by atoms with E-state index < -0.39 is 18.8 Å². The molecule has 0 radical (unpaired) electrons. The first-order valence-corrected chi connectivity index (χ1v) is 4.19. The van der Waals surface area contributed by atoms with Gasteiger partial charge in [-0.1, -0.05) is 24.3 Å². The highest BCUT2D eigenvalue weighted by Crippen LogP contribution is 2.19. The maximum Gasteiger partial charge on any atom is 0.107 e. The standard InChI is InChI=1S/C10H14O3/c1-7-4-2-3-5-8(7)10(13)9(12)6-11/h2-5,9-13H,6H2,1H3. The summed E-state index contributed by atoms with van der Waals surface area (Å²) in [5.41, 5.74) is 1.56. The summed E-state index contributed by atoms with van der Waals surface area (Å²) in [5.74, 6) is 0. The molecule has 0 amide bonds. The molecule has 0 aliphatic carbocycles. The average Bonchev–Trinajstić information content (AvgIpc) is 2.16. The number of aliphatic hydroxyl groups is 3. The summed E-state index contributed by atoms with van der Waals surface area (Å²) in [6, 6.07) is 7.23. The van der Waals surface area contributed by atoms with Crippen molar-refractivity contribution in [2.24, 2.45) is 0 Å². The van der Waals surface area contributed by atoms with Gasteiger partial charge in [-0.2, -0.15) is 0 Å². The number of aryl methyl sites for hydroxylation is 1. The minimum absolute atomic E-state index is 0.435. The van der Waals surface area contributed by atoms with Crippen LogP contribution < -0.4 is 0 Å². The Hall–Kier alpha value is -0.900. The second-order valence-electron chi connectivity index (χ2n) is 3.05. The fraction of sp³-hybridized carbons (Fsp3) is 0.400. The molecule has 0 aromatic heterocycles. The molecule has 0 saturated carbocycles. The molecule has 2 atom stereocenters. The van der Waals surface area contributed by atoms with E-state index in [1.54, 1.807) is 12.1 Å². The van der Waals surface area contributed by atoms with Gasteiger partial charge in [-0.25, -0.2) is 0 Å². The fourth-order valence-electron chi connectivity index (χ4n) is 1.23. The molecule has 1 rings (SSSR count). The lowest BCUT2D eigenvalue weighted by Crippen LogP contribution is -2.22. The van der Waals surface area contributed by atoms with Crippen molar-refractivity contribution in [3.63, 3.8) is 0 Å². The predicted molar refractivity (Wildman–Crippen MR) is 49.2 cm³/mol. The smallest absolute Gasteiger partial charge is 0.107 e. The number of rotatable bonds is 3. The minimum atomic E-state index is -1.11. The van der Waals surface area contributed by atoms with Gasteiger partial charge >= 0.3 is 0 Å². The maximum absolute atomic E-state index is 9.56. The molecular weight excluding hydrogens is 168 g/mol. The van der Waals surface area contributed by atoms with Gasteiger partial charge in [0.15, 0.2) is 0 Å². The summed E-state index contributed by atoms with van der Waals surface area (Å²) in [4.78, 5) is 0. The molecule has 3 N–H and O–H groups in total. The molecule has 0 spiro atoms. The first kappa shape index (κ1) is 10.2. The second kappa shape index (κ2) is 4.37. The Morgan fingerprint density at radius 3 is 2.38 bits per heavy atom. The van der Waals surface area contributed by atoms with Gasteiger partial charge in [0.25, 0.3) is 0 Å². The lowest BCUT2D eigenvalue weighted by Gasteiger charge is -2.17. The molecule has 2 unspecified atom stereocenters. The number of benzene rings is 1. The van der Waals surface area contributed by atoms with Crippen molar-refractivity contribution in [1.29, 1.82) is 0 Å². The molecule has 0 aliphatic heterocycles. The van der Waals surface area contributed by atoms with Crippen LogP contribution in [0.2, 0.25) is 0 Å². The second-order valence-corrected chi connectivity index (χ2v) is 3.05. The quantitative estimate of drug-likeness (QED) is 0.633. The van der Waals surface area contributed by atoms with Crippen LogP contribution >= 0.6 is 0 Å². The van der Waals surface area contributed by atoms with Crippen molar-refractivity contribution in [2.45, 2.75) is 19.1 Å². The van der Waals surface area contributed by atoms with Crippen LogP contribution in [0.5, 0.6) is 0 Å². The van der Waals surface area contributed by atoms with E-state index in [1.807, 2.05) is 19.1 Å². The molecule has 0 aliphatic rings. The molecule has 0 saturated heterocycles. The molecule has 0 fully saturated rings. The van der Waals surface area contributed by atoms with Gasteiger partial charge in [-0.05, 0) is 18.1 Å². The SMILES string of the molecule is Cc1ccccc1C(O)C(O)CO. The van der Waals surface area contributed by atoms with Gasteiger partial charge in [0.1, 0.15) is 12.2 Å². The molecule has 3 heteroatoms. The van der Waals surface area contributed by atoms with Gasteiger partial charge in [-0.15, -0.1) is 0 Å². The minimum Gasteiger partial charge on any atom is -0.394 e. The van der Waals surface area contributed by atoms with E-state index >= 15 is 0 Å². The van der Waals surface area contributed by atoms with E-state index in [0.29, 0.717) is 5.56 Å². The lowest BCUT2D eigenvalue weighted by atomic mass is 10.00. The van der Waals surface area contributed by atoms with Gasteiger partial charge in [0.05, 0.1) is 6.61 Å². The summed E-state index contributed by atoms with van der Waals surface area (Å²) >= 11 is 0. The Bertz CT molecular complexity index is 273. The zero-order valence-electron chi connectivity index (χ0n) is 7.51. The van der Waals surface area contributed by atoms with Crippen molar-refractivity contribution in [2.75, 3.05) is 6.61 Å². The van der Waals surface area contributed by atoms with Crippen LogP contribution in [0.25, 0.3) is 0 Å². The highest BCUT2D eigenvalue weighted by Gasteiger charge is 2.18. The normalized spacial score (nSPS) is 15.4. The summed E-state index contributed by atoms with van der Waals surface area (Å²) < 4.78 is 0. The molecule has 72 valence electrons. The van der Waals surface area contributed by atoms with Crippen LogP contribution in [-0.4, -0.2) is 28.0 Å². The van der Waals surface area contributed by atoms with Crippen LogP contribution in [-0.2, 0) is 0 Å². The van der Waals surface area contributed by atoms with Crippen LogP contribution in [0, 0.1) is 6.92 Å². The first-order valence-electron chi connectivity index (χ1n) is 4.19. The number of aliphatic hydroxyl groups excluding tert-OH is 3. The monoisotopic (exact) mass is 182 g/mol. The topological polar surface area (TPSA) is 60.7 Å². The van der Waals surface area contributed by atoms with Gasteiger partial charge in [0, 0.05) is 0 Å². The number of hydrogen-bond acceptors (Lipinski definition) is 3. The molecule has 3 nitrogen and oxygen atoms in total. The molecule has 0 bridgehead atoms. The van der Waals surface area contributed by atoms with E-state index in [4.69, 9.17) is 5.11 Å². The van der Waals surface area contributed by atoms with E-state index in [-0.39, 0.29) is 0 Å². The molecule has 13 heavy (non-hydrogen) atoms. The van der Waals surface area contributed by atoms with Crippen molar-refractivity contribution in [3.05, 3.63) is 35.4 Å².